The van der Waals surface area contributed by atoms with Gasteiger partial charge in [0.25, 0.3) is 0 Å². The summed E-state index contributed by atoms with van der Waals surface area (Å²) in [6, 6.07) is 10.4. The van der Waals surface area contributed by atoms with Crippen LogP contribution in [0.1, 0.15) is 34.8 Å². The van der Waals surface area contributed by atoms with Crippen LogP contribution in [-0.2, 0) is 11.2 Å². The maximum Gasteiger partial charge on any atom is 0.188 e. The van der Waals surface area contributed by atoms with E-state index in [1.54, 1.807) is 18.4 Å². The van der Waals surface area contributed by atoms with Gasteiger partial charge < -0.3 is 9.47 Å². The molecule has 0 spiro atoms. The van der Waals surface area contributed by atoms with E-state index in [0.29, 0.717) is 12.3 Å². The van der Waals surface area contributed by atoms with Crippen molar-refractivity contribution in [2.45, 2.75) is 25.2 Å². The molecule has 4 rings (SSSR count). The van der Waals surface area contributed by atoms with Crippen LogP contribution in [0.3, 0.4) is 0 Å². The van der Waals surface area contributed by atoms with Crippen molar-refractivity contribution in [3.05, 3.63) is 57.3 Å². The number of aryl methyl sites for hydroxylation is 1. The van der Waals surface area contributed by atoms with Gasteiger partial charge in [0.1, 0.15) is 11.5 Å². The van der Waals surface area contributed by atoms with Crippen LogP contribution in [-0.4, -0.2) is 13.0 Å². The summed E-state index contributed by atoms with van der Waals surface area (Å²) in [6.45, 7) is 0. The zero-order valence-corrected chi connectivity index (χ0v) is 13.2. The first-order valence-electron chi connectivity index (χ1n) is 7.45. The second-order valence-electron chi connectivity index (χ2n) is 5.67. The third-order valence-electron chi connectivity index (χ3n) is 4.44. The first-order chi connectivity index (χ1) is 10.8. The van der Waals surface area contributed by atoms with Gasteiger partial charge in [0.15, 0.2) is 5.90 Å². The fourth-order valence-electron chi connectivity index (χ4n) is 3.36. The average Bonchev–Trinajstić information content (AvgIpc) is 3.07. The molecule has 0 saturated heterocycles. The number of benzene rings is 1. The van der Waals surface area contributed by atoms with Gasteiger partial charge in [-0.1, -0.05) is 12.1 Å². The first-order valence-corrected chi connectivity index (χ1v) is 8.33. The summed E-state index contributed by atoms with van der Waals surface area (Å²) in [7, 11) is 1.68. The molecule has 0 fully saturated rings. The summed E-state index contributed by atoms with van der Waals surface area (Å²) in [5, 5.41) is 10.2. The van der Waals surface area contributed by atoms with E-state index < -0.39 is 0 Å². The molecule has 1 aliphatic heterocycles. The average molecular weight is 311 g/mol. The normalized spacial score (nSPS) is 20.2. The fraction of sp³-hybridized carbons (Fsp3) is 0.278. The zero-order chi connectivity index (χ0) is 15.1. The minimum absolute atomic E-state index is 0.288. The Hall–Kier alpha value is -2.07. The molecule has 2 aromatic rings. The zero-order valence-electron chi connectivity index (χ0n) is 12.4. The molecule has 0 amide bonds. The molecule has 22 heavy (non-hydrogen) atoms. The number of allylic oxidation sites excluding steroid dienone is 1. The van der Waals surface area contributed by atoms with E-state index in [1.807, 2.05) is 12.1 Å². The number of methoxy groups -OCH3 is 1. The van der Waals surface area contributed by atoms with Gasteiger partial charge in [0.2, 0.25) is 0 Å². The van der Waals surface area contributed by atoms with Crippen molar-refractivity contribution in [3.63, 3.8) is 0 Å². The number of hydrogen-bond acceptors (Lipinski definition) is 4. The summed E-state index contributed by atoms with van der Waals surface area (Å²) in [4.78, 5) is 1.33. The standard InChI is InChI=1S/C18H17NO2S/c1-20-12-6-4-11-5-7-13-15(16-3-2-8-22-16)10-17(19)21-18(13)14(11)9-12/h2-4,6,8-9,15,19H,5,7,10H2,1H3. The lowest BCUT2D eigenvalue weighted by molar-refractivity contribution is 0.411. The maximum atomic E-state index is 8.10. The highest BCUT2D eigenvalue weighted by atomic mass is 32.1. The molecule has 1 N–H and O–H groups in total. The van der Waals surface area contributed by atoms with Crippen LogP contribution in [0.25, 0.3) is 5.76 Å². The van der Waals surface area contributed by atoms with Gasteiger partial charge in [-0.2, -0.15) is 0 Å². The predicted octanol–water partition coefficient (Wildman–Crippen LogP) is 4.60. The Morgan fingerprint density at radius 1 is 1.27 bits per heavy atom. The van der Waals surface area contributed by atoms with Crippen molar-refractivity contribution in [2.75, 3.05) is 7.11 Å². The molecule has 0 bridgehead atoms. The Morgan fingerprint density at radius 2 is 2.18 bits per heavy atom. The lowest BCUT2D eigenvalue weighted by Gasteiger charge is -2.32. The van der Waals surface area contributed by atoms with Gasteiger partial charge in [0.05, 0.1) is 7.11 Å². The number of ether oxygens (including phenoxy) is 2. The molecule has 1 unspecified atom stereocenters. The Morgan fingerprint density at radius 3 is 2.95 bits per heavy atom. The van der Waals surface area contributed by atoms with E-state index in [9.17, 15) is 0 Å². The Bertz CT molecular complexity index is 761. The molecule has 4 heteroatoms. The third-order valence-corrected chi connectivity index (χ3v) is 5.43. The quantitative estimate of drug-likeness (QED) is 0.881. The second kappa shape index (κ2) is 5.29. The van der Waals surface area contributed by atoms with Crippen molar-refractivity contribution in [3.8, 4) is 5.75 Å². The molecule has 0 radical (unpaired) electrons. The Balaban J connectivity index is 1.86. The highest BCUT2D eigenvalue weighted by molar-refractivity contribution is 7.10. The van der Waals surface area contributed by atoms with Gasteiger partial charge in [-0.3, -0.25) is 5.41 Å². The summed E-state index contributed by atoms with van der Waals surface area (Å²) < 4.78 is 11.2. The summed E-state index contributed by atoms with van der Waals surface area (Å²) in [6.07, 6.45) is 2.69. The predicted molar refractivity (Wildman–Crippen MR) is 88.7 cm³/mol. The van der Waals surface area contributed by atoms with Gasteiger partial charge in [-0.25, -0.2) is 0 Å². The Kier molecular flexibility index (Phi) is 3.26. The van der Waals surface area contributed by atoms with E-state index in [0.717, 1.165) is 29.9 Å². The molecular formula is C18H17NO2S. The highest BCUT2D eigenvalue weighted by Gasteiger charge is 2.33. The van der Waals surface area contributed by atoms with Gasteiger partial charge in [-0.15, -0.1) is 11.3 Å². The first kappa shape index (κ1) is 13.6. The molecule has 2 heterocycles. The van der Waals surface area contributed by atoms with Crippen LogP contribution >= 0.6 is 11.3 Å². The van der Waals surface area contributed by atoms with E-state index in [2.05, 4.69) is 23.6 Å². The SMILES string of the molecule is COc1ccc2c(c1)C1=C(CC2)C(c2cccs2)CC(=N)O1. The molecule has 1 aromatic carbocycles. The summed E-state index contributed by atoms with van der Waals surface area (Å²) in [5.74, 6) is 2.36. The van der Waals surface area contributed by atoms with E-state index in [1.165, 1.54) is 16.0 Å². The number of rotatable bonds is 2. The molecular weight excluding hydrogens is 294 g/mol. The largest absolute Gasteiger partial charge is 0.497 e. The lowest BCUT2D eigenvalue weighted by atomic mass is 9.80. The van der Waals surface area contributed by atoms with Crippen molar-refractivity contribution in [1.29, 1.82) is 5.41 Å². The minimum Gasteiger partial charge on any atom is -0.497 e. The van der Waals surface area contributed by atoms with Crippen molar-refractivity contribution in [1.82, 2.24) is 0 Å². The Labute approximate surface area is 133 Å². The topological polar surface area (TPSA) is 42.3 Å². The molecule has 3 nitrogen and oxygen atoms in total. The fourth-order valence-corrected chi connectivity index (χ4v) is 4.22. The molecule has 1 aromatic heterocycles. The monoisotopic (exact) mass is 311 g/mol. The second-order valence-corrected chi connectivity index (χ2v) is 6.65. The summed E-state index contributed by atoms with van der Waals surface area (Å²) >= 11 is 1.77. The van der Waals surface area contributed by atoms with Gasteiger partial charge in [-0.05, 0) is 47.6 Å². The number of hydrogen-bond donors (Lipinski definition) is 1. The van der Waals surface area contributed by atoms with E-state index in [-0.39, 0.29) is 5.92 Å². The van der Waals surface area contributed by atoms with Crippen LogP contribution in [0.4, 0.5) is 0 Å². The lowest BCUT2D eigenvalue weighted by Crippen LogP contribution is -2.22. The molecule has 0 saturated carbocycles. The van der Waals surface area contributed by atoms with Crippen molar-refractivity contribution < 1.29 is 9.47 Å². The molecule has 1 aliphatic carbocycles. The number of nitrogens with one attached hydrogen (secondary N) is 1. The van der Waals surface area contributed by atoms with Crippen LogP contribution in [0.2, 0.25) is 0 Å². The molecule has 1 atom stereocenters. The van der Waals surface area contributed by atoms with Crippen LogP contribution < -0.4 is 4.74 Å². The van der Waals surface area contributed by atoms with E-state index in [4.69, 9.17) is 14.9 Å². The minimum atomic E-state index is 0.288. The van der Waals surface area contributed by atoms with Gasteiger partial charge >= 0.3 is 0 Å². The van der Waals surface area contributed by atoms with Gasteiger partial charge in [0, 0.05) is 22.8 Å². The summed E-state index contributed by atoms with van der Waals surface area (Å²) in [5.41, 5.74) is 3.70. The van der Waals surface area contributed by atoms with Crippen LogP contribution in [0, 0.1) is 5.41 Å². The van der Waals surface area contributed by atoms with E-state index >= 15 is 0 Å². The van der Waals surface area contributed by atoms with Crippen LogP contribution in [0.5, 0.6) is 5.75 Å². The van der Waals surface area contributed by atoms with Crippen molar-refractivity contribution in [2.24, 2.45) is 0 Å². The highest BCUT2D eigenvalue weighted by Crippen LogP contribution is 2.46. The third kappa shape index (κ3) is 2.15. The van der Waals surface area contributed by atoms with Crippen LogP contribution in [0.15, 0.2) is 41.3 Å². The number of thiophene rings is 1. The number of fused-ring (bicyclic) bond motifs is 2. The smallest absolute Gasteiger partial charge is 0.188 e. The van der Waals surface area contributed by atoms with Crippen molar-refractivity contribution >= 4 is 23.0 Å². The molecule has 112 valence electrons. The molecule has 2 aliphatic rings. The maximum absolute atomic E-state index is 8.10.